The summed E-state index contributed by atoms with van der Waals surface area (Å²) in [4.78, 5) is 4.37. The lowest BCUT2D eigenvalue weighted by atomic mass is 10.1. The fraction of sp³-hybridized carbons (Fsp3) is 0.750. The smallest absolute Gasteiger partial charge is 0.0360 e. The largest absolute Gasteiger partial charge is 0.214 e. The minimum Gasteiger partial charge on any atom is -0.214 e. The Morgan fingerprint density at radius 1 is 0.941 bits per heavy atom. The SMILES string of the molecule is CCCCC(=C=NC=C(CC)CCCC)CC. The molecule has 0 fully saturated rings. The highest BCUT2D eigenvalue weighted by molar-refractivity contribution is 5.58. The molecular weight excluding hydrogens is 206 g/mol. The van der Waals surface area contributed by atoms with Crippen molar-refractivity contribution in [1.29, 1.82) is 0 Å². The molecule has 0 spiro atoms. The van der Waals surface area contributed by atoms with Crippen molar-refractivity contribution in [3.05, 3.63) is 17.3 Å². The van der Waals surface area contributed by atoms with Crippen molar-refractivity contribution < 1.29 is 0 Å². The molecule has 0 aliphatic rings. The van der Waals surface area contributed by atoms with Gasteiger partial charge in [-0.05, 0) is 50.0 Å². The molecule has 98 valence electrons. The second-order valence-electron chi connectivity index (χ2n) is 4.55. The number of aliphatic imine (C=N–C) groups is 1. The summed E-state index contributed by atoms with van der Waals surface area (Å²) >= 11 is 0. The summed E-state index contributed by atoms with van der Waals surface area (Å²) < 4.78 is 0. The van der Waals surface area contributed by atoms with Crippen LogP contribution in [0, 0.1) is 0 Å². The topological polar surface area (TPSA) is 12.4 Å². The van der Waals surface area contributed by atoms with Gasteiger partial charge in [-0.15, -0.1) is 0 Å². The zero-order valence-electron chi connectivity index (χ0n) is 12.2. The Morgan fingerprint density at radius 2 is 1.59 bits per heavy atom. The second kappa shape index (κ2) is 11.7. The fourth-order valence-corrected chi connectivity index (χ4v) is 1.65. The van der Waals surface area contributed by atoms with Crippen molar-refractivity contribution in [2.24, 2.45) is 4.99 Å². The van der Waals surface area contributed by atoms with E-state index in [9.17, 15) is 0 Å². The van der Waals surface area contributed by atoms with E-state index in [1.807, 2.05) is 6.20 Å². The maximum Gasteiger partial charge on any atom is 0.0360 e. The molecule has 0 aliphatic heterocycles. The molecule has 0 aromatic rings. The highest BCUT2D eigenvalue weighted by Crippen LogP contribution is 2.11. The van der Waals surface area contributed by atoms with E-state index in [2.05, 4.69) is 38.6 Å². The molecule has 17 heavy (non-hydrogen) atoms. The zero-order valence-corrected chi connectivity index (χ0v) is 12.2. The van der Waals surface area contributed by atoms with Crippen LogP contribution in [0.3, 0.4) is 0 Å². The van der Waals surface area contributed by atoms with Gasteiger partial charge in [-0.2, -0.15) is 0 Å². The van der Waals surface area contributed by atoms with Gasteiger partial charge in [0.2, 0.25) is 0 Å². The normalized spacial score (nSPS) is 11.2. The van der Waals surface area contributed by atoms with Crippen LogP contribution in [0.4, 0.5) is 0 Å². The molecule has 0 atom stereocenters. The number of unbranched alkanes of at least 4 members (excludes halogenated alkanes) is 2. The van der Waals surface area contributed by atoms with E-state index in [0.29, 0.717) is 0 Å². The number of rotatable bonds is 9. The predicted octanol–water partition coefficient (Wildman–Crippen LogP) is 5.67. The maximum absolute atomic E-state index is 4.37. The number of hydrogen-bond acceptors (Lipinski definition) is 1. The lowest BCUT2D eigenvalue weighted by Gasteiger charge is -2.00. The van der Waals surface area contributed by atoms with Gasteiger partial charge in [0, 0.05) is 6.20 Å². The van der Waals surface area contributed by atoms with Crippen molar-refractivity contribution in [1.82, 2.24) is 0 Å². The first-order chi connectivity index (χ1) is 8.28. The van der Waals surface area contributed by atoms with E-state index < -0.39 is 0 Å². The summed E-state index contributed by atoms with van der Waals surface area (Å²) in [5.41, 5.74) is 2.80. The Kier molecular flexibility index (Phi) is 11.1. The highest BCUT2D eigenvalue weighted by Gasteiger charge is 1.93. The van der Waals surface area contributed by atoms with Crippen molar-refractivity contribution in [2.75, 3.05) is 0 Å². The third-order valence-electron chi connectivity index (χ3n) is 3.03. The van der Waals surface area contributed by atoms with Gasteiger partial charge in [0.1, 0.15) is 0 Å². The van der Waals surface area contributed by atoms with Crippen LogP contribution in [0.2, 0.25) is 0 Å². The first-order valence-electron chi connectivity index (χ1n) is 7.26. The van der Waals surface area contributed by atoms with Gasteiger partial charge < -0.3 is 0 Å². The second-order valence-corrected chi connectivity index (χ2v) is 4.55. The first-order valence-corrected chi connectivity index (χ1v) is 7.26. The molecular formula is C16H29N. The minimum atomic E-state index is 1.08. The quantitative estimate of drug-likeness (QED) is 0.457. The molecule has 0 aliphatic carbocycles. The summed E-state index contributed by atoms with van der Waals surface area (Å²) in [5, 5.41) is 0. The summed E-state index contributed by atoms with van der Waals surface area (Å²) in [7, 11) is 0. The Morgan fingerprint density at radius 3 is 2.12 bits per heavy atom. The summed E-state index contributed by atoms with van der Waals surface area (Å²) in [6.07, 6.45) is 11.6. The van der Waals surface area contributed by atoms with Gasteiger partial charge in [-0.25, -0.2) is 4.99 Å². The van der Waals surface area contributed by atoms with Crippen LogP contribution < -0.4 is 0 Å². The average Bonchev–Trinajstić information content (AvgIpc) is 2.37. The van der Waals surface area contributed by atoms with Crippen LogP contribution >= 0.6 is 0 Å². The van der Waals surface area contributed by atoms with Crippen molar-refractivity contribution >= 4 is 5.87 Å². The summed E-state index contributed by atoms with van der Waals surface area (Å²) in [5.74, 6) is 3.21. The average molecular weight is 235 g/mol. The molecule has 1 heteroatoms. The van der Waals surface area contributed by atoms with E-state index >= 15 is 0 Å². The molecule has 0 rings (SSSR count). The Hall–Kier alpha value is -0.810. The van der Waals surface area contributed by atoms with Crippen LogP contribution in [0.25, 0.3) is 0 Å². The van der Waals surface area contributed by atoms with E-state index in [1.165, 1.54) is 43.3 Å². The molecule has 0 bridgehead atoms. The minimum absolute atomic E-state index is 1.08. The molecule has 0 aromatic heterocycles. The van der Waals surface area contributed by atoms with Crippen molar-refractivity contribution in [2.45, 2.75) is 79.1 Å². The molecule has 0 amide bonds. The van der Waals surface area contributed by atoms with Crippen LogP contribution in [0.15, 0.2) is 22.3 Å². The lowest BCUT2D eigenvalue weighted by molar-refractivity contribution is 0.764. The first kappa shape index (κ1) is 16.2. The van der Waals surface area contributed by atoms with Crippen LogP contribution in [-0.2, 0) is 0 Å². The Labute approximate surface area is 108 Å². The number of hydrogen-bond donors (Lipinski definition) is 0. The summed E-state index contributed by atoms with van der Waals surface area (Å²) in [6, 6.07) is 0. The number of nitrogens with zero attached hydrogens (tertiary/aromatic N) is 1. The van der Waals surface area contributed by atoms with E-state index in [-0.39, 0.29) is 0 Å². The molecule has 0 aromatic carbocycles. The van der Waals surface area contributed by atoms with Crippen LogP contribution in [0.5, 0.6) is 0 Å². The Bertz CT molecular complexity index is 267. The van der Waals surface area contributed by atoms with Gasteiger partial charge >= 0.3 is 0 Å². The molecule has 0 radical (unpaired) electrons. The third kappa shape index (κ3) is 8.94. The maximum atomic E-state index is 4.37. The van der Waals surface area contributed by atoms with Crippen molar-refractivity contribution in [3.63, 3.8) is 0 Å². The molecule has 0 heterocycles. The predicted molar refractivity (Wildman–Crippen MR) is 78.7 cm³/mol. The van der Waals surface area contributed by atoms with Gasteiger partial charge in [0.15, 0.2) is 0 Å². The number of allylic oxidation sites excluding steroid dienone is 2. The molecule has 1 nitrogen and oxygen atoms in total. The third-order valence-corrected chi connectivity index (χ3v) is 3.03. The van der Waals surface area contributed by atoms with Crippen molar-refractivity contribution in [3.8, 4) is 0 Å². The van der Waals surface area contributed by atoms with E-state index in [4.69, 9.17) is 0 Å². The Balaban J connectivity index is 4.41. The van der Waals surface area contributed by atoms with Gasteiger partial charge in [-0.1, -0.05) is 46.1 Å². The summed E-state index contributed by atoms with van der Waals surface area (Å²) in [6.45, 7) is 8.86. The van der Waals surface area contributed by atoms with Crippen LogP contribution in [-0.4, -0.2) is 5.87 Å². The van der Waals surface area contributed by atoms with Crippen LogP contribution in [0.1, 0.15) is 79.1 Å². The molecule has 0 saturated heterocycles. The van der Waals surface area contributed by atoms with Gasteiger partial charge in [-0.3, -0.25) is 0 Å². The van der Waals surface area contributed by atoms with E-state index in [0.717, 1.165) is 19.3 Å². The monoisotopic (exact) mass is 235 g/mol. The standard InChI is InChI=1S/C16H29N/c1-5-9-11-15(7-3)13-17-14-16(8-4)12-10-6-2/h13H,5-12H2,1-4H3. The van der Waals surface area contributed by atoms with Gasteiger partial charge in [0.25, 0.3) is 0 Å². The van der Waals surface area contributed by atoms with E-state index in [1.54, 1.807) is 0 Å². The fourth-order valence-electron chi connectivity index (χ4n) is 1.65. The molecule has 0 N–H and O–H groups in total. The highest BCUT2D eigenvalue weighted by atomic mass is 14.6. The molecule has 0 unspecified atom stereocenters. The van der Waals surface area contributed by atoms with Gasteiger partial charge in [0.05, 0.1) is 0 Å². The molecule has 0 saturated carbocycles. The zero-order chi connectivity index (χ0) is 12.9. The lowest BCUT2D eigenvalue weighted by Crippen LogP contribution is -1.83.